The van der Waals surface area contributed by atoms with Gasteiger partial charge in [-0.2, -0.15) is 0 Å². The highest BCUT2D eigenvalue weighted by Crippen LogP contribution is 2.33. The number of amides is 1. The maximum atomic E-state index is 12.6. The van der Waals surface area contributed by atoms with Crippen molar-refractivity contribution in [1.82, 2.24) is 15.2 Å². The summed E-state index contributed by atoms with van der Waals surface area (Å²) in [7, 11) is 3.39. The van der Waals surface area contributed by atoms with Gasteiger partial charge in [0.1, 0.15) is 11.5 Å². The molecule has 1 aromatic carbocycles. The third-order valence-electron chi connectivity index (χ3n) is 5.84. The maximum Gasteiger partial charge on any atom is 0.220 e. The Bertz CT molecular complexity index is 819. The number of methoxy groups -OCH3 is 2. The van der Waals surface area contributed by atoms with Crippen LogP contribution in [-0.2, 0) is 11.3 Å². The number of likely N-dealkylation sites (tertiary alicyclic amines) is 1. The van der Waals surface area contributed by atoms with Gasteiger partial charge in [0.15, 0.2) is 0 Å². The molecule has 2 atom stereocenters. The van der Waals surface area contributed by atoms with Crippen LogP contribution >= 0.6 is 0 Å². The smallest absolute Gasteiger partial charge is 0.220 e. The molecule has 1 aliphatic rings. The number of rotatable bonds is 9. The molecule has 0 bridgehead atoms. The number of aromatic nitrogens is 1. The van der Waals surface area contributed by atoms with Crippen molar-refractivity contribution in [2.24, 2.45) is 11.8 Å². The first kappa shape index (κ1) is 23.1. The van der Waals surface area contributed by atoms with Crippen molar-refractivity contribution >= 4 is 5.91 Å². The minimum Gasteiger partial charge on any atom is -0.496 e. The van der Waals surface area contributed by atoms with Crippen LogP contribution in [-0.4, -0.2) is 43.1 Å². The van der Waals surface area contributed by atoms with Crippen LogP contribution in [0.1, 0.15) is 50.4 Å². The predicted molar refractivity (Wildman–Crippen MR) is 122 cm³/mol. The predicted octanol–water partition coefficient (Wildman–Crippen LogP) is 4.21. The highest BCUT2D eigenvalue weighted by molar-refractivity contribution is 5.76. The van der Waals surface area contributed by atoms with Crippen LogP contribution in [0.3, 0.4) is 0 Å². The second-order valence-electron chi connectivity index (χ2n) is 8.68. The molecule has 0 spiro atoms. The van der Waals surface area contributed by atoms with Crippen LogP contribution in [0.15, 0.2) is 42.6 Å². The number of nitrogens with one attached hydrogen (secondary N) is 1. The van der Waals surface area contributed by atoms with Crippen molar-refractivity contribution in [3.63, 3.8) is 0 Å². The lowest BCUT2D eigenvalue weighted by atomic mass is 9.88. The summed E-state index contributed by atoms with van der Waals surface area (Å²) in [6.45, 7) is 6.77. The number of pyridine rings is 1. The van der Waals surface area contributed by atoms with Gasteiger partial charge < -0.3 is 14.8 Å². The number of hydrogen-bond donors (Lipinski definition) is 1. The minimum atomic E-state index is -0.0881. The summed E-state index contributed by atoms with van der Waals surface area (Å²) in [5, 5.41) is 3.29. The van der Waals surface area contributed by atoms with Crippen LogP contribution in [0, 0.1) is 11.8 Å². The molecule has 1 aliphatic heterocycles. The lowest BCUT2D eigenvalue weighted by Gasteiger charge is -2.37. The number of nitrogens with zero attached hydrogens (tertiary/aromatic N) is 2. The molecule has 31 heavy (non-hydrogen) atoms. The summed E-state index contributed by atoms with van der Waals surface area (Å²) in [5.74, 6) is 2.39. The van der Waals surface area contributed by atoms with E-state index in [-0.39, 0.29) is 11.9 Å². The van der Waals surface area contributed by atoms with Crippen molar-refractivity contribution in [3.05, 3.63) is 53.9 Å². The minimum absolute atomic E-state index is 0.0881. The fourth-order valence-electron chi connectivity index (χ4n) is 4.41. The molecule has 6 nitrogen and oxygen atoms in total. The molecule has 0 radical (unpaired) electrons. The van der Waals surface area contributed by atoms with E-state index in [4.69, 9.17) is 9.47 Å². The highest BCUT2D eigenvalue weighted by atomic mass is 16.5. The van der Waals surface area contributed by atoms with Gasteiger partial charge in [0, 0.05) is 25.7 Å². The fourth-order valence-corrected chi connectivity index (χ4v) is 4.41. The van der Waals surface area contributed by atoms with E-state index in [1.807, 2.05) is 36.4 Å². The zero-order valence-corrected chi connectivity index (χ0v) is 19.1. The van der Waals surface area contributed by atoms with Gasteiger partial charge in [0.25, 0.3) is 0 Å². The molecule has 0 aliphatic carbocycles. The van der Waals surface area contributed by atoms with E-state index in [9.17, 15) is 4.79 Å². The molecule has 1 amide bonds. The average molecular weight is 426 g/mol. The van der Waals surface area contributed by atoms with Crippen molar-refractivity contribution in [1.29, 1.82) is 0 Å². The Kier molecular flexibility index (Phi) is 8.29. The molecule has 1 saturated heterocycles. The summed E-state index contributed by atoms with van der Waals surface area (Å²) < 4.78 is 11.2. The number of piperidine rings is 1. The first-order chi connectivity index (χ1) is 15.0. The van der Waals surface area contributed by atoms with Gasteiger partial charge in [0.2, 0.25) is 5.91 Å². The number of ether oxygens (including phenoxy) is 2. The average Bonchev–Trinajstić information content (AvgIpc) is 2.78. The molecule has 1 aromatic heterocycles. The molecule has 6 heteroatoms. The third kappa shape index (κ3) is 6.20. The van der Waals surface area contributed by atoms with Crippen molar-refractivity contribution in [3.8, 4) is 11.5 Å². The molecule has 1 fully saturated rings. The van der Waals surface area contributed by atoms with Gasteiger partial charge in [-0.15, -0.1) is 0 Å². The molecule has 168 valence electrons. The van der Waals surface area contributed by atoms with Gasteiger partial charge in [0.05, 0.1) is 31.5 Å². The lowest BCUT2D eigenvalue weighted by molar-refractivity contribution is -0.123. The topological polar surface area (TPSA) is 63.7 Å². The van der Waals surface area contributed by atoms with Gasteiger partial charge in [-0.3, -0.25) is 14.7 Å². The molecular formula is C25H35N3O3. The SMILES string of the molecule is COc1cccc(OC)c1CN1CCC[C@H]([C@H](NC(=O)CC(C)C)c2ccccn2)C1. The normalized spacial score (nSPS) is 17.9. The Labute approximate surface area is 186 Å². The van der Waals surface area contributed by atoms with Crippen LogP contribution in [0.2, 0.25) is 0 Å². The number of hydrogen-bond acceptors (Lipinski definition) is 5. The summed E-state index contributed by atoms with van der Waals surface area (Å²) >= 11 is 0. The highest BCUT2D eigenvalue weighted by Gasteiger charge is 2.31. The number of carbonyl (C=O) groups is 1. The van der Waals surface area contributed by atoms with Crippen molar-refractivity contribution < 1.29 is 14.3 Å². The summed E-state index contributed by atoms with van der Waals surface area (Å²) in [4.78, 5) is 19.6. The molecule has 0 unspecified atom stereocenters. The first-order valence-electron chi connectivity index (χ1n) is 11.1. The third-order valence-corrected chi connectivity index (χ3v) is 5.84. The van der Waals surface area contributed by atoms with E-state index < -0.39 is 0 Å². The summed E-state index contributed by atoms with van der Waals surface area (Å²) in [6, 6.07) is 11.7. The lowest BCUT2D eigenvalue weighted by Crippen LogP contribution is -2.43. The van der Waals surface area contributed by atoms with Crippen molar-refractivity contribution in [2.75, 3.05) is 27.3 Å². The van der Waals surface area contributed by atoms with Crippen LogP contribution in [0.25, 0.3) is 0 Å². The summed E-state index contributed by atoms with van der Waals surface area (Å²) in [6.07, 6.45) is 4.46. The Morgan fingerprint density at radius 1 is 1.16 bits per heavy atom. The maximum absolute atomic E-state index is 12.6. The fraction of sp³-hybridized carbons (Fsp3) is 0.520. The second-order valence-corrected chi connectivity index (χ2v) is 8.68. The van der Waals surface area contributed by atoms with E-state index in [1.54, 1.807) is 20.4 Å². The van der Waals surface area contributed by atoms with Gasteiger partial charge in [-0.05, 0) is 55.5 Å². The van der Waals surface area contributed by atoms with Gasteiger partial charge >= 0.3 is 0 Å². The quantitative estimate of drug-likeness (QED) is 0.652. The Morgan fingerprint density at radius 3 is 2.52 bits per heavy atom. The second kappa shape index (κ2) is 11.1. The van der Waals surface area contributed by atoms with E-state index >= 15 is 0 Å². The summed E-state index contributed by atoms with van der Waals surface area (Å²) in [5.41, 5.74) is 1.99. The monoisotopic (exact) mass is 425 g/mol. The van der Waals surface area contributed by atoms with Crippen LogP contribution in [0.4, 0.5) is 0 Å². The van der Waals surface area contributed by atoms with Crippen LogP contribution < -0.4 is 14.8 Å². The molecular weight excluding hydrogens is 390 g/mol. The van der Waals surface area contributed by atoms with Gasteiger partial charge in [-0.1, -0.05) is 26.0 Å². The Hall–Kier alpha value is -2.60. The van der Waals surface area contributed by atoms with E-state index in [0.717, 1.165) is 55.2 Å². The molecule has 1 N–H and O–H groups in total. The van der Waals surface area contributed by atoms with E-state index in [1.165, 1.54) is 0 Å². The van der Waals surface area contributed by atoms with Crippen molar-refractivity contribution in [2.45, 2.75) is 45.7 Å². The molecule has 0 saturated carbocycles. The zero-order chi connectivity index (χ0) is 22.2. The van der Waals surface area contributed by atoms with E-state index in [2.05, 4.69) is 29.0 Å². The number of benzene rings is 1. The van der Waals surface area contributed by atoms with Gasteiger partial charge in [-0.25, -0.2) is 0 Å². The number of carbonyl (C=O) groups excluding carboxylic acids is 1. The molecule has 3 rings (SSSR count). The molecule has 2 heterocycles. The molecule has 2 aromatic rings. The zero-order valence-electron chi connectivity index (χ0n) is 19.1. The standard InChI is InChI=1S/C25H35N3O3/c1-18(2)15-24(29)27-25(21-10-5-6-13-26-21)19-9-8-14-28(16-19)17-20-22(30-3)11-7-12-23(20)31-4/h5-7,10-13,18-19,25H,8-9,14-17H2,1-4H3,(H,27,29)/t19-,25-/m0/s1. The first-order valence-corrected chi connectivity index (χ1v) is 11.1. The Balaban J connectivity index is 1.78. The van der Waals surface area contributed by atoms with Crippen LogP contribution in [0.5, 0.6) is 11.5 Å². The largest absolute Gasteiger partial charge is 0.496 e. The van der Waals surface area contributed by atoms with E-state index in [0.29, 0.717) is 18.3 Å². The Morgan fingerprint density at radius 2 is 1.90 bits per heavy atom.